The number of nitrogens with zero attached hydrogens (tertiary/aromatic N) is 2. The number of carbonyl (C=O) groups excluding carboxylic acids is 1. The number of aromatic nitrogens is 2. The summed E-state index contributed by atoms with van der Waals surface area (Å²) in [6.45, 7) is 7.85. The average Bonchev–Trinajstić information content (AvgIpc) is 3.25. The minimum atomic E-state index is -0.0734. The molecule has 1 aliphatic heterocycles. The Hall–Kier alpha value is -3.35. The van der Waals surface area contributed by atoms with Crippen molar-refractivity contribution < 1.29 is 18.8 Å². The Morgan fingerprint density at radius 1 is 1.03 bits per heavy atom. The van der Waals surface area contributed by atoms with Crippen molar-refractivity contribution in [2.75, 3.05) is 13.2 Å². The lowest BCUT2D eigenvalue weighted by Crippen LogP contribution is -2.23. The first-order valence-electron chi connectivity index (χ1n) is 10.5. The normalized spacial score (nSPS) is 13.1. The average molecular weight is 421 g/mol. The maximum atomic E-state index is 12.2. The van der Waals surface area contributed by atoms with Crippen LogP contribution < -0.4 is 14.8 Å². The van der Waals surface area contributed by atoms with Crippen molar-refractivity contribution in [2.24, 2.45) is 0 Å². The molecule has 3 aromatic rings. The van der Waals surface area contributed by atoms with Crippen LogP contribution in [0.2, 0.25) is 0 Å². The van der Waals surface area contributed by atoms with Gasteiger partial charge in [0, 0.05) is 12.0 Å². The molecule has 0 unspecified atom stereocenters. The second-order valence-electron chi connectivity index (χ2n) is 8.60. The molecule has 0 bridgehead atoms. The zero-order chi connectivity index (χ0) is 21.8. The van der Waals surface area contributed by atoms with Crippen LogP contribution in [0.5, 0.6) is 11.5 Å². The summed E-state index contributed by atoms with van der Waals surface area (Å²) < 4.78 is 16.5. The maximum absolute atomic E-state index is 12.2. The maximum Gasteiger partial charge on any atom is 0.257 e. The van der Waals surface area contributed by atoms with Crippen LogP contribution in [0, 0.1) is 0 Å². The third-order valence-electron chi connectivity index (χ3n) is 5.16. The van der Waals surface area contributed by atoms with Crippen molar-refractivity contribution in [1.29, 1.82) is 0 Å². The molecule has 0 atom stereocenters. The second kappa shape index (κ2) is 8.79. The third kappa shape index (κ3) is 5.23. The van der Waals surface area contributed by atoms with Gasteiger partial charge >= 0.3 is 0 Å². The highest BCUT2D eigenvalue weighted by atomic mass is 16.6. The van der Waals surface area contributed by atoms with E-state index in [1.54, 1.807) is 0 Å². The number of nitrogens with one attached hydrogen (secondary N) is 1. The van der Waals surface area contributed by atoms with Gasteiger partial charge in [0.2, 0.25) is 5.91 Å². The lowest BCUT2D eigenvalue weighted by Gasteiger charge is -2.18. The molecular weight excluding hydrogens is 394 g/mol. The van der Waals surface area contributed by atoms with Crippen molar-refractivity contribution in [3.05, 3.63) is 59.4 Å². The van der Waals surface area contributed by atoms with Gasteiger partial charge in [-0.25, -0.2) is 0 Å². The molecule has 0 saturated heterocycles. The van der Waals surface area contributed by atoms with Gasteiger partial charge in [-0.3, -0.25) is 4.79 Å². The molecule has 0 saturated carbocycles. The Labute approximate surface area is 181 Å². The second-order valence-corrected chi connectivity index (χ2v) is 8.60. The first-order chi connectivity index (χ1) is 14.9. The molecule has 7 nitrogen and oxygen atoms in total. The van der Waals surface area contributed by atoms with E-state index in [1.807, 2.05) is 30.3 Å². The van der Waals surface area contributed by atoms with Crippen molar-refractivity contribution in [2.45, 2.75) is 45.6 Å². The summed E-state index contributed by atoms with van der Waals surface area (Å²) in [7, 11) is 0. The fourth-order valence-electron chi connectivity index (χ4n) is 3.32. The molecule has 1 N–H and O–H groups in total. The van der Waals surface area contributed by atoms with E-state index in [1.165, 1.54) is 5.56 Å². The van der Waals surface area contributed by atoms with Crippen LogP contribution in [-0.4, -0.2) is 29.3 Å². The quantitative estimate of drug-likeness (QED) is 0.646. The van der Waals surface area contributed by atoms with Crippen molar-refractivity contribution in [3.8, 4) is 23.0 Å². The Bertz CT molecular complexity index is 1050. The number of benzene rings is 2. The van der Waals surface area contributed by atoms with Gasteiger partial charge in [0.25, 0.3) is 5.89 Å². The minimum Gasteiger partial charge on any atom is -0.486 e. The van der Waals surface area contributed by atoms with E-state index < -0.39 is 0 Å². The van der Waals surface area contributed by atoms with Gasteiger partial charge in [0.1, 0.15) is 13.2 Å². The Kier molecular flexibility index (Phi) is 5.93. The predicted molar refractivity (Wildman–Crippen MR) is 116 cm³/mol. The number of hydrogen-bond acceptors (Lipinski definition) is 6. The van der Waals surface area contributed by atoms with Crippen molar-refractivity contribution in [3.63, 3.8) is 0 Å². The number of amides is 1. The van der Waals surface area contributed by atoms with E-state index >= 15 is 0 Å². The van der Waals surface area contributed by atoms with Crippen LogP contribution in [0.1, 0.15) is 44.1 Å². The van der Waals surface area contributed by atoms with Gasteiger partial charge in [0.05, 0.1) is 6.54 Å². The van der Waals surface area contributed by atoms with Crippen LogP contribution >= 0.6 is 0 Å². The van der Waals surface area contributed by atoms with E-state index in [2.05, 4.69) is 48.4 Å². The van der Waals surface area contributed by atoms with Crippen molar-refractivity contribution >= 4 is 5.91 Å². The van der Waals surface area contributed by atoms with E-state index in [4.69, 9.17) is 14.0 Å². The lowest BCUT2D eigenvalue weighted by atomic mass is 9.87. The SMILES string of the molecule is CC(C)(C)c1ccc(-c2nc(CNC(=O)CCc3ccc4c(c3)OCCO4)no2)cc1. The molecule has 1 amide bonds. The minimum absolute atomic E-state index is 0.0734. The molecule has 1 aromatic heterocycles. The fraction of sp³-hybridized carbons (Fsp3) is 0.375. The number of ether oxygens (including phenoxy) is 2. The van der Waals surface area contributed by atoms with Crippen LogP contribution in [0.4, 0.5) is 0 Å². The Morgan fingerprint density at radius 2 is 1.77 bits per heavy atom. The van der Waals surface area contributed by atoms with Gasteiger partial charge in [0.15, 0.2) is 17.3 Å². The van der Waals surface area contributed by atoms with Crippen LogP contribution in [-0.2, 0) is 23.2 Å². The summed E-state index contributed by atoms with van der Waals surface area (Å²) in [5, 5.41) is 6.82. The van der Waals surface area contributed by atoms with Gasteiger partial charge in [-0.05, 0) is 47.2 Å². The number of rotatable bonds is 6. The number of carbonyl (C=O) groups is 1. The molecule has 1 aliphatic rings. The van der Waals surface area contributed by atoms with E-state index in [0.29, 0.717) is 37.8 Å². The van der Waals surface area contributed by atoms with Crippen LogP contribution in [0.15, 0.2) is 47.0 Å². The highest BCUT2D eigenvalue weighted by Crippen LogP contribution is 2.31. The third-order valence-corrected chi connectivity index (χ3v) is 5.16. The van der Waals surface area contributed by atoms with Crippen LogP contribution in [0.3, 0.4) is 0 Å². The largest absolute Gasteiger partial charge is 0.486 e. The monoisotopic (exact) mass is 421 g/mol. The fourth-order valence-corrected chi connectivity index (χ4v) is 3.32. The highest BCUT2D eigenvalue weighted by molar-refractivity contribution is 5.76. The number of aryl methyl sites for hydroxylation is 1. The molecule has 7 heteroatoms. The standard InChI is InChI=1S/C24H27N3O4/c1-24(2,3)18-8-6-17(7-9-18)23-26-21(27-31-23)15-25-22(28)11-5-16-4-10-19-20(14-16)30-13-12-29-19/h4,6-10,14H,5,11-13,15H2,1-3H3,(H,25,28). The Balaban J connectivity index is 1.28. The summed E-state index contributed by atoms with van der Waals surface area (Å²) in [6.07, 6.45) is 0.971. The molecule has 0 spiro atoms. The van der Waals surface area contributed by atoms with Gasteiger partial charge in [-0.1, -0.05) is 44.1 Å². The molecule has 2 heterocycles. The molecule has 0 aliphatic carbocycles. The summed E-state index contributed by atoms with van der Waals surface area (Å²) in [4.78, 5) is 16.6. The summed E-state index contributed by atoms with van der Waals surface area (Å²) in [5.41, 5.74) is 3.21. The number of hydrogen-bond donors (Lipinski definition) is 1. The van der Waals surface area contributed by atoms with Gasteiger partial charge < -0.3 is 19.3 Å². The first kappa shape index (κ1) is 20.9. The first-order valence-corrected chi connectivity index (χ1v) is 10.5. The lowest BCUT2D eigenvalue weighted by molar-refractivity contribution is -0.121. The van der Waals surface area contributed by atoms with E-state index in [-0.39, 0.29) is 17.9 Å². The zero-order valence-corrected chi connectivity index (χ0v) is 18.1. The Morgan fingerprint density at radius 3 is 2.52 bits per heavy atom. The molecule has 2 aromatic carbocycles. The molecule has 162 valence electrons. The van der Waals surface area contributed by atoms with Crippen LogP contribution in [0.25, 0.3) is 11.5 Å². The smallest absolute Gasteiger partial charge is 0.257 e. The molecule has 0 radical (unpaired) electrons. The van der Waals surface area contributed by atoms with E-state index in [9.17, 15) is 4.79 Å². The number of fused-ring (bicyclic) bond motifs is 1. The molecule has 4 rings (SSSR count). The topological polar surface area (TPSA) is 86.5 Å². The molecule has 31 heavy (non-hydrogen) atoms. The zero-order valence-electron chi connectivity index (χ0n) is 18.1. The summed E-state index contributed by atoms with van der Waals surface area (Å²) >= 11 is 0. The predicted octanol–water partition coefficient (Wildman–Crippen LogP) is 4.05. The molecular formula is C24H27N3O4. The molecule has 0 fully saturated rings. The van der Waals surface area contributed by atoms with E-state index in [0.717, 1.165) is 22.6 Å². The van der Waals surface area contributed by atoms with Gasteiger partial charge in [-0.15, -0.1) is 0 Å². The summed E-state index contributed by atoms with van der Waals surface area (Å²) in [5.74, 6) is 2.30. The summed E-state index contributed by atoms with van der Waals surface area (Å²) in [6, 6.07) is 13.9. The van der Waals surface area contributed by atoms with Crippen molar-refractivity contribution in [1.82, 2.24) is 15.5 Å². The van der Waals surface area contributed by atoms with Gasteiger partial charge in [-0.2, -0.15) is 4.98 Å². The highest BCUT2D eigenvalue weighted by Gasteiger charge is 2.16.